The van der Waals surface area contributed by atoms with Gasteiger partial charge in [0.2, 0.25) is 0 Å². The van der Waals surface area contributed by atoms with Crippen LogP contribution in [0.1, 0.15) is 17.2 Å². The van der Waals surface area contributed by atoms with E-state index in [0.29, 0.717) is 21.5 Å². The molecule has 3 nitrogen and oxygen atoms in total. The second kappa shape index (κ2) is 6.35. The fourth-order valence-electron chi connectivity index (χ4n) is 2.09. The number of halogens is 2. The van der Waals surface area contributed by atoms with Crippen molar-refractivity contribution in [2.45, 2.75) is 6.04 Å². The SMILES string of the molecule is COc1cccc(OC)c1C(N)c1cc(Cl)ccc1Cl. The molecule has 1 atom stereocenters. The van der Waals surface area contributed by atoms with E-state index in [1.165, 1.54) is 0 Å². The largest absolute Gasteiger partial charge is 0.496 e. The summed E-state index contributed by atoms with van der Waals surface area (Å²) < 4.78 is 10.7. The van der Waals surface area contributed by atoms with Crippen molar-refractivity contribution in [3.63, 3.8) is 0 Å². The second-order valence-electron chi connectivity index (χ2n) is 4.22. The van der Waals surface area contributed by atoms with Crippen molar-refractivity contribution in [1.82, 2.24) is 0 Å². The molecule has 0 aliphatic carbocycles. The van der Waals surface area contributed by atoms with Crippen LogP contribution in [0.2, 0.25) is 10.0 Å². The van der Waals surface area contributed by atoms with Crippen LogP contribution in [0.25, 0.3) is 0 Å². The maximum atomic E-state index is 6.34. The van der Waals surface area contributed by atoms with Gasteiger partial charge in [0.15, 0.2) is 0 Å². The first-order valence-corrected chi connectivity index (χ1v) is 6.75. The van der Waals surface area contributed by atoms with E-state index in [4.69, 9.17) is 38.4 Å². The fraction of sp³-hybridized carbons (Fsp3) is 0.200. The molecular weight excluding hydrogens is 297 g/mol. The van der Waals surface area contributed by atoms with Crippen molar-refractivity contribution in [2.24, 2.45) is 5.73 Å². The van der Waals surface area contributed by atoms with E-state index in [1.807, 2.05) is 18.2 Å². The Hall–Kier alpha value is -1.42. The first-order valence-electron chi connectivity index (χ1n) is 6.00. The number of benzene rings is 2. The Bertz CT molecular complexity index is 595. The number of nitrogens with two attached hydrogens (primary N) is 1. The van der Waals surface area contributed by atoms with Crippen molar-refractivity contribution in [2.75, 3.05) is 14.2 Å². The van der Waals surface area contributed by atoms with Gasteiger partial charge in [-0.2, -0.15) is 0 Å². The van der Waals surface area contributed by atoms with E-state index in [2.05, 4.69) is 0 Å². The predicted molar refractivity (Wildman–Crippen MR) is 82.0 cm³/mol. The molecule has 2 rings (SSSR count). The second-order valence-corrected chi connectivity index (χ2v) is 5.06. The third-order valence-electron chi connectivity index (χ3n) is 3.07. The van der Waals surface area contributed by atoms with Gasteiger partial charge in [0.25, 0.3) is 0 Å². The predicted octanol–water partition coefficient (Wildman–Crippen LogP) is 4.06. The van der Waals surface area contributed by atoms with E-state index in [-0.39, 0.29) is 0 Å². The summed E-state index contributed by atoms with van der Waals surface area (Å²) in [6.07, 6.45) is 0. The Balaban J connectivity index is 2.58. The van der Waals surface area contributed by atoms with E-state index in [9.17, 15) is 0 Å². The molecule has 0 aliphatic rings. The van der Waals surface area contributed by atoms with Crippen LogP contribution in [-0.4, -0.2) is 14.2 Å². The van der Waals surface area contributed by atoms with Crippen LogP contribution in [0.15, 0.2) is 36.4 Å². The molecule has 0 heterocycles. The van der Waals surface area contributed by atoms with Crippen molar-refractivity contribution in [3.8, 4) is 11.5 Å². The van der Waals surface area contributed by atoms with Crippen molar-refractivity contribution in [3.05, 3.63) is 57.6 Å². The molecule has 0 saturated carbocycles. The molecule has 2 N–H and O–H groups in total. The van der Waals surface area contributed by atoms with Gasteiger partial charge >= 0.3 is 0 Å². The summed E-state index contributed by atoms with van der Waals surface area (Å²) >= 11 is 12.2. The first-order chi connectivity index (χ1) is 9.58. The standard InChI is InChI=1S/C15H15Cl2NO2/c1-19-12-4-3-5-13(20-2)14(12)15(18)10-8-9(16)6-7-11(10)17/h3-8,15H,18H2,1-2H3. The quantitative estimate of drug-likeness (QED) is 0.926. The lowest BCUT2D eigenvalue weighted by Crippen LogP contribution is -2.15. The molecule has 20 heavy (non-hydrogen) atoms. The van der Waals surface area contributed by atoms with Crippen LogP contribution in [0.5, 0.6) is 11.5 Å². The van der Waals surface area contributed by atoms with E-state index < -0.39 is 6.04 Å². The van der Waals surface area contributed by atoms with Crippen LogP contribution >= 0.6 is 23.2 Å². The molecule has 5 heteroatoms. The molecule has 0 saturated heterocycles. The summed E-state index contributed by atoms with van der Waals surface area (Å²) in [5.41, 5.74) is 7.80. The Kier molecular flexibility index (Phi) is 4.76. The minimum Gasteiger partial charge on any atom is -0.496 e. The zero-order valence-corrected chi connectivity index (χ0v) is 12.7. The number of hydrogen-bond donors (Lipinski definition) is 1. The van der Waals surface area contributed by atoms with Gasteiger partial charge in [-0.25, -0.2) is 0 Å². The molecule has 0 spiro atoms. The van der Waals surface area contributed by atoms with Crippen LogP contribution in [0.4, 0.5) is 0 Å². The van der Waals surface area contributed by atoms with Gasteiger partial charge in [-0.05, 0) is 35.9 Å². The molecule has 0 amide bonds. The molecule has 2 aromatic carbocycles. The highest BCUT2D eigenvalue weighted by atomic mass is 35.5. The highest BCUT2D eigenvalue weighted by molar-refractivity contribution is 6.33. The summed E-state index contributed by atoms with van der Waals surface area (Å²) in [5.74, 6) is 1.29. The molecule has 2 aromatic rings. The van der Waals surface area contributed by atoms with Gasteiger partial charge in [-0.1, -0.05) is 29.3 Å². The summed E-state index contributed by atoms with van der Waals surface area (Å²) in [6, 6.07) is 10.2. The Morgan fingerprint density at radius 1 is 1.00 bits per heavy atom. The van der Waals surface area contributed by atoms with E-state index >= 15 is 0 Å². The monoisotopic (exact) mass is 311 g/mol. The summed E-state index contributed by atoms with van der Waals surface area (Å²) in [6.45, 7) is 0. The van der Waals surface area contributed by atoms with Crippen LogP contribution < -0.4 is 15.2 Å². The highest BCUT2D eigenvalue weighted by Crippen LogP contribution is 2.38. The van der Waals surface area contributed by atoms with Gasteiger partial charge in [0.1, 0.15) is 11.5 Å². The zero-order valence-electron chi connectivity index (χ0n) is 11.2. The third-order valence-corrected chi connectivity index (χ3v) is 3.65. The molecule has 106 valence electrons. The van der Waals surface area contributed by atoms with Gasteiger partial charge in [-0.15, -0.1) is 0 Å². The van der Waals surface area contributed by atoms with Gasteiger partial charge in [-0.3, -0.25) is 0 Å². The van der Waals surface area contributed by atoms with Crippen molar-refractivity contribution >= 4 is 23.2 Å². The minimum atomic E-state index is -0.493. The van der Waals surface area contributed by atoms with Crippen LogP contribution in [0, 0.1) is 0 Å². The molecule has 1 unspecified atom stereocenters. The van der Waals surface area contributed by atoms with Gasteiger partial charge in [0.05, 0.1) is 25.8 Å². The van der Waals surface area contributed by atoms with E-state index in [1.54, 1.807) is 32.4 Å². The average Bonchev–Trinajstić information content (AvgIpc) is 2.48. The summed E-state index contributed by atoms with van der Waals surface area (Å²) in [5, 5.41) is 1.13. The zero-order chi connectivity index (χ0) is 14.7. The van der Waals surface area contributed by atoms with Crippen molar-refractivity contribution in [1.29, 1.82) is 0 Å². The Morgan fingerprint density at radius 3 is 2.15 bits per heavy atom. The van der Waals surface area contributed by atoms with Crippen molar-refractivity contribution < 1.29 is 9.47 Å². The number of hydrogen-bond acceptors (Lipinski definition) is 3. The van der Waals surface area contributed by atoms with Crippen LogP contribution in [-0.2, 0) is 0 Å². The third kappa shape index (κ3) is 2.85. The maximum absolute atomic E-state index is 6.34. The summed E-state index contributed by atoms with van der Waals surface area (Å²) in [4.78, 5) is 0. The van der Waals surface area contributed by atoms with E-state index in [0.717, 1.165) is 11.1 Å². The van der Waals surface area contributed by atoms with Crippen LogP contribution in [0.3, 0.4) is 0 Å². The summed E-state index contributed by atoms with van der Waals surface area (Å²) in [7, 11) is 3.18. The van der Waals surface area contributed by atoms with Gasteiger partial charge in [0, 0.05) is 10.0 Å². The molecule has 0 aliphatic heterocycles. The fourth-order valence-corrected chi connectivity index (χ4v) is 2.51. The van der Waals surface area contributed by atoms with Gasteiger partial charge < -0.3 is 15.2 Å². The number of ether oxygens (including phenoxy) is 2. The number of methoxy groups -OCH3 is 2. The topological polar surface area (TPSA) is 44.5 Å². The normalized spacial score (nSPS) is 12.1. The average molecular weight is 312 g/mol. The Labute approximate surface area is 128 Å². The molecule has 0 bridgehead atoms. The molecular formula is C15H15Cl2NO2. The first kappa shape index (κ1) is 15.0. The number of rotatable bonds is 4. The lowest BCUT2D eigenvalue weighted by Gasteiger charge is -2.20. The Morgan fingerprint density at radius 2 is 1.60 bits per heavy atom. The molecule has 0 radical (unpaired) electrons. The highest BCUT2D eigenvalue weighted by Gasteiger charge is 2.21. The lowest BCUT2D eigenvalue weighted by atomic mass is 9.97. The smallest absolute Gasteiger partial charge is 0.127 e. The molecule has 0 aromatic heterocycles. The maximum Gasteiger partial charge on any atom is 0.127 e. The minimum absolute atomic E-state index is 0.493. The lowest BCUT2D eigenvalue weighted by molar-refractivity contribution is 0.382. The molecule has 0 fully saturated rings.